The van der Waals surface area contributed by atoms with Gasteiger partial charge in [-0.2, -0.15) is 15.6 Å². The van der Waals surface area contributed by atoms with E-state index < -0.39 is 22.7 Å². The second kappa shape index (κ2) is 12.3. The molecule has 37 heavy (non-hydrogen) atoms. The molecule has 1 heterocycles. The molecule has 0 aliphatic rings. The molecule has 1 unspecified atom stereocenters. The molecule has 1 N–H and O–H groups in total. The van der Waals surface area contributed by atoms with Gasteiger partial charge < -0.3 is 5.11 Å². The monoisotopic (exact) mass is 499 g/mol. The highest BCUT2D eigenvalue weighted by Crippen LogP contribution is 2.30. The molecule has 0 saturated heterocycles. The van der Waals surface area contributed by atoms with Crippen LogP contribution in [0.3, 0.4) is 0 Å². The van der Waals surface area contributed by atoms with Gasteiger partial charge in [0, 0.05) is 0 Å². The number of carboxylic acids is 1. The molecule has 0 radical (unpaired) electrons. The van der Waals surface area contributed by atoms with Gasteiger partial charge >= 0.3 is 5.97 Å². The van der Waals surface area contributed by atoms with E-state index in [9.17, 15) is 15.3 Å². The predicted molar refractivity (Wildman–Crippen MR) is 144 cm³/mol. The summed E-state index contributed by atoms with van der Waals surface area (Å²) in [5.74, 6) is -0.558. The second-order valence-corrected chi connectivity index (χ2v) is 10.9. The van der Waals surface area contributed by atoms with Crippen LogP contribution in [0.5, 0.6) is 0 Å². The highest BCUT2D eigenvalue weighted by atomic mass is 16.4. The first-order valence-electron chi connectivity index (χ1n) is 12.4. The van der Waals surface area contributed by atoms with Gasteiger partial charge in [-0.15, -0.1) is 0 Å². The van der Waals surface area contributed by atoms with E-state index >= 15 is 0 Å². The third kappa shape index (κ3) is 8.29. The van der Waals surface area contributed by atoms with Crippen LogP contribution >= 0.6 is 0 Å². The summed E-state index contributed by atoms with van der Waals surface area (Å²) < 4.78 is 1.72. The summed E-state index contributed by atoms with van der Waals surface area (Å²) >= 11 is 0. The van der Waals surface area contributed by atoms with Gasteiger partial charge in [0.15, 0.2) is 0 Å². The van der Waals surface area contributed by atoms with E-state index in [1.165, 1.54) is 11.9 Å². The second-order valence-electron chi connectivity index (χ2n) is 10.9. The molecular weight excluding hydrogens is 462 g/mol. The zero-order valence-electron chi connectivity index (χ0n) is 22.9. The van der Waals surface area contributed by atoms with Crippen LogP contribution in [0.1, 0.15) is 82.2 Å². The van der Waals surface area contributed by atoms with Crippen molar-refractivity contribution in [1.29, 1.82) is 10.5 Å². The minimum Gasteiger partial charge on any atom is -0.481 e. The van der Waals surface area contributed by atoms with Crippen molar-refractivity contribution in [3.05, 3.63) is 82.9 Å². The van der Waals surface area contributed by atoms with Crippen LogP contribution in [0.25, 0.3) is 0 Å². The van der Waals surface area contributed by atoms with Gasteiger partial charge in [-0.05, 0) is 74.8 Å². The number of carboxylic acid groups (broad SMARTS) is 1. The minimum absolute atomic E-state index is 0.418. The average molecular weight is 500 g/mol. The Morgan fingerprint density at radius 3 is 1.89 bits per heavy atom. The lowest BCUT2D eigenvalue weighted by Crippen LogP contribution is -2.20. The van der Waals surface area contributed by atoms with Gasteiger partial charge in [-0.1, -0.05) is 56.3 Å². The van der Waals surface area contributed by atoms with Crippen LogP contribution in [-0.2, 0) is 28.6 Å². The van der Waals surface area contributed by atoms with E-state index in [0.29, 0.717) is 12.5 Å². The SMILES string of the molecule is CC(C)(C#N)c1cc(Cn2cncn2)cc(C(C)(C)C#N)c1.CC(C)Cc1ccc(C(C)C(=O)O)cc1. The first-order chi connectivity index (χ1) is 17.3. The van der Waals surface area contributed by atoms with Gasteiger partial charge in [0.2, 0.25) is 0 Å². The maximum Gasteiger partial charge on any atom is 0.310 e. The molecule has 0 amide bonds. The van der Waals surface area contributed by atoms with Crippen molar-refractivity contribution in [1.82, 2.24) is 14.8 Å². The maximum absolute atomic E-state index is 10.8. The Bertz CT molecular complexity index is 1220. The zero-order valence-corrected chi connectivity index (χ0v) is 22.9. The lowest BCUT2D eigenvalue weighted by atomic mass is 9.79. The van der Waals surface area contributed by atoms with Gasteiger partial charge in [0.05, 0.1) is 35.4 Å². The number of hydrogen-bond acceptors (Lipinski definition) is 5. The Balaban J connectivity index is 0.000000281. The topological polar surface area (TPSA) is 116 Å². The highest BCUT2D eigenvalue weighted by Gasteiger charge is 2.26. The van der Waals surface area contributed by atoms with Crippen molar-refractivity contribution >= 4 is 5.97 Å². The molecule has 0 spiro atoms. The lowest BCUT2D eigenvalue weighted by molar-refractivity contribution is -0.138. The summed E-state index contributed by atoms with van der Waals surface area (Å²) in [4.78, 5) is 14.7. The summed E-state index contributed by atoms with van der Waals surface area (Å²) in [6.07, 6.45) is 4.18. The Kier molecular flexibility index (Phi) is 9.74. The molecule has 3 aromatic rings. The van der Waals surface area contributed by atoms with Crippen molar-refractivity contribution in [3.63, 3.8) is 0 Å². The fraction of sp³-hybridized carbons (Fsp3) is 0.433. The normalized spacial score (nSPS) is 12.2. The van der Waals surface area contributed by atoms with Crippen molar-refractivity contribution in [2.45, 2.75) is 78.2 Å². The Morgan fingerprint density at radius 1 is 0.946 bits per heavy atom. The molecule has 7 heteroatoms. The smallest absolute Gasteiger partial charge is 0.310 e. The molecule has 0 aliphatic heterocycles. The van der Waals surface area contributed by atoms with E-state index in [1.54, 1.807) is 17.9 Å². The molecular formula is C30H37N5O2. The molecule has 7 nitrogen and oxygen atoms in total. The fourth-order valence-corrected chi connectivity index (χ4v) is 3.69. The summed E-state index contributed by atoms with van der Waals surface area (Å²) in [6.45, 7) is 14.1. The molecule has 0 bridgehead atoms. The molecule has 194 valence electrons. The Morgan fingerprint density at radius 2 is 1.49 bits per heavy atom. The van der Waals surface area contributed by atoms with Crippen LogP contribution in [0, 0.1) is 28.6 Å². The van der Waals surface area contributed by atoms with Crippen LogP contribution in [0.15, 0.2) is 55.1 Å². The highest BCUT2D eigenvalue weighted by molar-refractivity contribution is 5.75. The predicted octanol–water partition coefficient (Wildman–Crippen LogP) is 6.00. The first kappa shape index (κ1) is 29.3. The number of benzene rings is 2. The summed E-state index contributed by atoms with van der Waals surface area (Å²) in [6, 6.07) is 18.5. The Hall–Kier alpha value is -3.97. The van der Waals surface area contributed by atoms with Gasteiger partial charge in [0.1, 0.15) is 12.7 Å². The van der Waals surface area contributed by atoms with Gasteiger partial charge in [0.25, 0.3) is 0 Å². The van der Waals surface area contributed by atoms with Crippen LogP contribution < -0.4 is 0 Å². The average Bonchev–Trinajstić information content (AvgIpc) is 3.37. The molecule has 3 rings (SSSR count). The summed E-state index contributed by atoms with van der Waals surface area (Å²) in [7, 11) is 0. The molecule has 1 aromatic heterocycles. The summed E-state index contributed by atoms with van der Waals surface area (Å²) in [5, 5.41) is 31.8. The van der Waals surface area contributed by atoms with Crippen molar-refractivity contribution in [2.75, 3.05) is 0 Å². The Labute approximate surface area is 220 Å². The van der Waals surface area contributed by atoms with Crippen molar-refractivity contribution in [2.24, 2.45) is 5.92 Å². The summed E-state index contributed by atoms with van der Waals surface area (Å²) in [5.41, 5.74) is 3.74. The number of nitriles is 2. The van der Waals surface area contributed by atoms with Crippen molar-refractivity contribution in [3.8, 4) is 12.1 Å². The van der Waals surface area contributed by atoms with E-state index in [-0.39, 0.29) is 0 Å². The molecule has 1 atom stereocenters. The fourth-order valence-electron chi connectivity index (χ4n) is 3.69. The van der Waals surface area contributed by atoms with Crippen LogP contribution in [0.2, 0.25) is 0 Å². The maximum atomic E-state index is 10.8. The number of nitrogens with zero attached hydrogens (tertiary/aromatic N) is 5. The third-order valence-electron chi connectivity index (χ3n) is 6.30. The van der Waals surface area contributed by atoms with Gasteiger partial charge in [-0.3, -0.25) is 4.79 Å². The number of carbonyl (C=O) groups is 1. The molecule has 2 aromatic carbocycles. The number of aliphatic carboxylic acids is 1. The number of hydrogen-bond donors (Lipinski definition) is 1. The molecule has 0 saturated carbocycles. The zero-order chi connectivity index (χ0) is 27.8. The molecule has 0 aliphatic carbocycles. The quantitative estimate of drug-likeness (QED) is 0.406. The third-order valence-corrected chi connectivity index (χ3v) is 6.30. The standard InChI is InChI=1S/C17H19N5.C13H18O2/c1-16(2,9-18)14-5-13(8-22-12-20-11-21-22)6-15(7-14)17(3,4)10-19;1-9(2)8-11-4-6-12(7-5-11)10(3)13(14)15/h5-7,11-12H,8H2,1-4H3;4-7,9-10H,8H2,1-3H3,(H,14,15). The lowest BCUT2D eigenvalue weighted by Gasteiger charge is -2.23. The van der Waals surface area contributed by atoms with Crippen LogP contribution in [0.4, 0.5) is 0 Å². The first-order valence-corrected chi connectivity index (χ1v) is 12.4. The number of rotatable bonds is 8. The van der Waals surface area contributed by atoms with E-state index in [1.807, 2.05) is 70.2 Å². The number of aromatic nitrogens is 3. The van der Waals surface area contributed by atoms with Crippen molar-refractivity contribution < 1.29 is 9.90 Å². The van der Waals surface area contributed by atoms with E-state index in [2.05, 4.69) is 36.1 Å². The largest absolute Gasteiger partial charge is 0.481 e. The van der Waals surface area contributed by atoms with E-state index in [4.69, 9.17) is 5.11 Å². The molecule has 0 fully saturated rings. The van der Waals surface area contributed by atoms with Gasteiger partial charge in [-0.25, -0.2) is 9.67 Å². The van der Waals surface area contributed by atoms with E-state index in [0.717, 1.165) is 28.7 Å². The minimum atomic E-state index is -0.772. The van der Waals surface area contributed by atoms with Crippen LogP contribution in [-0.4, -0.2) is 25.8 Å².